The Bertz CT molecular complexity index is 1320. The maximum Gasteiger partial charge on any atom is 0.345 e. The van der Waals surface area contributed by atoms with E-state index in [9.17, 15) is 17.6 Å². The highest BCUT2D eigenvalue weighted by Crippen LogP contribution is 2.25. The van der Waals surface area contributed by atoms with E-state index in [0.29, 0.717) is 5.56 Å². The van der Waals surface area contributed by atoms with Crippen LogP contribution < -0.4 is 5.32 Å². The van der Waals surface area contributed by atoms with Crippen LogP contribution in [0.4, 0.5) is 10.1 Å². The zero-order valence-electron chi connectivity index (χ0n) is 14.8. The van der Waals surface area contributed by atoms with Gasteiger partial charge < -0.3 is 5.32 Å². The number of hydrogen-bond acceptors (Lipinski definition) is 5. The maximum atomic E-state index is 13.3. The molecule has 1 aliphatic rings. The van der Waals surface area contributed by atoms with Crippen molar-refractivity contribution in [2.75, 3.05) is 12.4 Å². The van der Waals surface area contributed by atoms with Crippen LogP contribution in [-0.2, 0) is 15.0 Å². The molecular formula is C18H12ClFN4O3S2. The zero-order valence-corrected chi connectivity index (χ0v) is 17.1. The third kappa shape index (κ3) is 3.74. The summed E-state index contributed by atoms with van der Waals surface area (Å²) in [5, 5.41) is 2.35. The van der Waals surface area contributed by atoms with Crippen molar-refractivity contribution in [3.05, 3.63) is 70.1 Å². The molecule has 1 N–H and O–H groups in total. The molecule has 0 radical (unpaired) electrons. The highest BCUT2D eigenvalue weighted by atomic mass is 35.5. The van der Waals surface area contributed by atoms with Gasteiger partial charge in [-0.25, -0.2) is 13.7 Å². The van der Waals surface area contributed by atoms with E-state index in [1.165, 1.54) is 36.6 Å². The second-order valence-corrected chi connectivity index (χ2v) is 8.99. The number of nitrogens with one attached hydrogen (secondary N) is 1. The molecule has 11 heteroatoms. The average Bonchev–Trinajstić information content (AvgIpc) is 3.14. The van der Waals surface area contributed by atoms with E-state index in [0.717, 1.165) is 20.6 Å². The number of thiazole rings is 1. The van der Waals surface area contributed by atoms with E-state index in [1.807, 2.05) is 0 Å². The van der Waals surface area contributed by atoms with Gasteiger partial charge in [-0.05, 0) is 36.4 Å². The van der Waals surface area contributed by atoms with Crippen LogP contribution in [0.2, 0.25) is 5.02 Å². The van der Waals surface area contributed by atoms with Crippen molar-refractivity contribution >= 4 is 60.7 Å². The SMILES string of the molecule is CN1C(C(=O)Nc2ccc(F)c(Cl)c2)=CC(c2ccc3ncsc3c2)=NS1(=O)=O. The number of rotatable bonds is 3. The van der Waals surface area contributed by atoms with E-state index in [-0.39, 0.29) is 22.1 Å². The number of benzene rings is 2. The first-order valence-electron chi connectivity index (χ1n) is 8.15. The van der Waals surface area contributed by atoms with Gasteiger partial charge in [0.1, 0.15) is 11.5 Å². The summed E-state index contributed by atoms with van der Waals surface area (Å²) in [6.07, 6.45) is 1.38. The Hall–Kier alpha value is -2.82. The summed E-state index contributed by atoms with van der Waals surface area (Å²) in [7, 11) is -2.88. The third-order valence-corrected chi connectivity index (χ3v) is 6.61. The van der Waals surface area contributed by atoms with Crippen LogP contribution in [0.3, 0.4) is 0 Å². The van der Waals surface area contributed by atoms with Crippen LogP contribution in [0.1, 0.15) is 5.56 Å². The molecule has 1 amide bonds. The van der Waals surface area contributed by atoms with Crippen LogP contribution in [0.5, 0.6) is 0 Å². The third-order valence-electron chi connectivity index (χ3n) is 4.21. The van der Waals surface area contributed by atoms with Crippen molar-refractivity contribution in [1.29, 1.82) is 0 Å². The number of hydrogen-bond donors (Lipinski definition) is 1. The van der Waals surface area contributed by atoms with Crippen molar-refractivity contribution in [2.45, 2.75) is 0 Å². The molecule has 0 aliphatic carbocycles. The highest BCUT2D eigenvalue weighted by Gasteiger charge is 2.30. The molecule has 0 saturated carbocycles. The predicted molar refractivity (Wildman–Crippen MR) is 111 cm³/mol. The lowest BCUT2D eigenvalue weighted by Gasteiger charge is -2.23. The van der Waals surface area contributed by atoms with Gasteiger partial charge in [-0.3, -0.25) is 4.79 Å². The minimum absolute atomic E-state index is 0.126. The summed E-state index contributed by atoms with van der Waals surface area (Å²) < 4.78 is 43.7. The molecule has 3 aromatic rings. The average molecular weight is 451 g/mol. The van der Waals surface area contributed by atoms with Crippen LogP contribution in [0.25, 0.3) is 10.2 Å². The van der Waals surface area contributed by atoms with E-state index < -0.39 is 21.9 Å². The molecule has 0 bridgehead atoms. The van der Waals surface area contributed by atoms with Crippen LogP contribution >= 0.6 is 22.9 Å². The molecule has 0 spiro atoms. The minimum Gasteiger partial charge on any atom is -0.321 e. The largest absolute Gasteiger partial charge is 0.345 e. The first-order chi connectivity index (χ1) is 13.7. The lowest BCUT2D eigenvalue weighted by atomic mass is 10.1. The van der Waals surface area contributed by atoms with E-state index in [2.05, 4.69) is 14.7 Å². The van der Waals surface area contributed by atoms with Gasteiger partial charge in [0.15, 0.2) is 0 Å². The smallest absolute Gasteiger partial charge is 0.321 e. The molecule has 0 unspecified atom stereocenters. The van der Waals surface area contributed by atoms with Gasteiger partial charge in [0.2, 0.25) is 0 Å². The summed E-state index contributed by atoms with van der Waals surface area (Å²) >= 11 is 7.14. The number of allylic oxidation sites excluding steroid dienone is 1. The van der Waals surface area contributed by atoms with E-state index in [1.54, 1.807) is 23.7 Å². The van der Waals surface area contributed by atoms with Gasteiger partial charge in [0, 0.05) is 18.3 Å². The Balaban J connectivity index is 1.71. The molecule has 2 heterocycles. The Morgan fingerprint density at radius 1 is 1.24 bits per heavy atom. The Morgan fingerprint density at radius 2 is 2.03 bits per heavy atom. The van der Waals surface area contributed by atoms with Crippen LogP contribution in [0, 0.1) is 5.82 Å². The normalized spacial score (nSPS) is 15.8. The molecule has 29 heavy (non-hydrogen) atoms. The number of halogens is 2. The van der Waals surface area contributed by atoms with Crippen molar-refractivity contribution in [3.63, 3.8) is 0 Å². The molecule has 7 nitrogen and oxygen atoms in total. The second-order valence-electron chi connectivity index (χ2n) is 6.07. The fraction of sp³-hybridized carbons (Fsp3) is 0.0556. The molecule has 0 saturated heterocycles. The Morgan fingerprint density at radius 3 is 2.79 bits per heavy atom. The number of amides is 1. The molecule has 148 valence electrons. The number of nitrogens with zero attached hydrogens (tertiary/aromatic N) is 3. The molecule has 2 aromatic carbocycles. The first-order valence-corrected chi connectivity index (χ1v) is 10.8. The number of carbonyl (C=O) groups excluding carboxylic acids is 1. The van der Waals surface area contributed by atoms with E-state index in [4.69, 9.17) is 11.6 Å². The number of aromatic nitrogens is 1. The fourth-order valence-corrected chi connectivity index (χ4v) is 4.49. The Labute approximate surface area is 174 Å². The lowest BCUT2D eigenvalue weighted by Crippen LogP contribution is -2.35. The molecular weight excluding hydrogens is 439 g/mol. The predicted octanol–water partition coefficient (Wildman–Crippen LogP) is 3.59. The highest BCUT2D eigenvalue weighted by molar-refractivity contribution is 7.88. The number of anilines is 1. The zero-order chi connectivity index (χ0) is 20.8. The van der Waals surface area contributed by atoms with Gasteiger partial charge in [0.25, 0.3) is 5.91 Å². The van der Waals surface area contributed by atoms with Crippen molar-refractivity contribution < 1.29 is 17.6 Å². The van der Waals surface area contributed by atoms with Crippen LogP contribution in [0.15, 0.2) is 58.1 Å². The standard InChI is InChI=1S/C18H12ClFN4O3S2/c1-24-16(18(25)22-11-3-4-13(20)12(19)7-11)8-15(23-29(24,26)27)10-2-5-14-17(6-10)28-9-21-14/h2-9H,1H3,(H,22,25). The number of likely N-dealkylation sites (N-methyl/N-ethyl adjacent to an activating group) is 1. The topological polar surface area (TPSA) is 91.7 Å². The number of fused-ring (bicyclic) bond motifs is 1. The first kappa shape index (κ1) is 19.5. The van der Waals surface area contributed by atoms with Gasteiger partial charge in [-0.15, -0.1) is 15.7 Å². The minimum atomic E-state index is -4.11. The molecule has 1 aromatic heterocycles. The molecule has 4 rings (SSSR count). The second kappa shape index (κ2) is 7.21. The van der Waals surface area contributed by atoms with Crippen molar-refractivity contribution in [3.8, 4) is 0 Å². The maximum absolute atomic E-state index is 13.3. The summed E-state index contributed by atoms with van der Waals surface area (Å²) in [4.78, 5) is 16.9. The van der Waals surface area contributed by atoms with Crippen LogP contribution in [-0.4, -0.2) is 36.4 Å². The van der Waals surface area contributed by atoms with Gasteiger partial charge >= 0.3 is 10.2 Å². The number of carbonyl (C=O) groups is 1. The van der Waals surface area contributed by atoms with Crippen molar-refractivity contribution in [2.24, 2.45) is 4.40 Å². The fourth-order valence-electron chi connectivity index (χ4n) is 2.68. The van der Waals surface area contributed by atoms with Gasteiger partial charge in [-0.2, -0.15) is 8.42 Å². The summed E-state index contributed by atoms with van der Waals surface area (Å²) in [6.45, 7) is 0. The van der Waals surface area contributed by atoms with Gasteiger partial charge in [-0.1, -0.05) is 17.7 Å². The monoisotopic (exact) mass is 450 g/mol. The molecule has 1 aliphatic heterocycles. The lowest BCUT2D eigenvalue weighted by molar-refractivity contribution is -0.113. The summed E-state index contributed by atoms with van der Waals surface area (Å²) in [6, 6.07) is 8.86. The van der Waals surface area contributed by atoms with Crippen molar-refractivity contribution in [1.82, 2.24) is 9.29 Å². The molecule has 0 atom stereocenters. The quantitative estimate of drug-likeness (QED) is 0.660. The van der Waals surface area contributed by atoms with E-state index >= 15 is 0 Å². The Kier molecular flexibility index (Phi) is 4.85. The summed E-state index contributed by atoms with van der Waals surface area (Å²) in [5.74, 6) is -1.33. The molecule has 0 fully saturated rings. The van der Waals surface area contributed by atoms with Gasteiger partial charge in [0.05, 0.1) is 26.5 Å². The summed E-state index contributed by atoms with van der Waals surface area (Å²) in [5.41, 5.74) is 3.21.